The first-order valence-electron chi connectivity index (χ1n) is 8.66. The maximum Gasteiger partial charge on any atom is 0.259 e. The zero-order valence-corrected chi connectivity index (χ0v) is 15.0. The average molecular weight is 360 g/mol. The van der Waals surface area contributed by atoms with Gasteiger partial charge in [0, 0.05) is 31.1 Å². The van der Waals surface area contributed by atoms with Crippen molar-refractivity contribution in [3.63, 3.8) is 0 Å². The van der Waals surface area contributed by atoms with E-state index in [1.807, 2.05) is 0 Å². The van der Waals surface area contributed by atoms with Gasteiger partial charge in [-0.2, -0.15) is 0 Å². The Labute approximate surface area is 150 Å². The number of fused-ring (bicyclic) bond motifs is 3. The standard InChI is InChI=1S/C19H21FN2O4/c1-10-17(11(2)26-21-10)19(23)22-7-12(8-24-3)15-9-25-16-5-4-13(20)6-14(16)18(15)22/h4-6,12,15,18H,7-9H2,1-3H3/t12-,15-,18-/m0/s1. The summed E-state index contributed by atoms with van der Waals surface area (Å²) in [6.45, 7) is 4.99. The predicted octanol–water partition coefficient (Wildman–Crippen LogP) is 2.90. The molecule has 0 N–H and O–H groups in total. The van der Waals surface area contributed by atoms with Crippen molar-refractivity contribution in [2.75, 3.05) is 26.9 Å². The van der Waals surface area contributed by atoms with Gasteiger partial charge < -0.3 is 18.9 Å². The Balaban J connectivity index is 1.78. The monoisotopic (exact) mass is 360 g/mol. The van der Waals surface area contributed by atoms with Gasteiger partial charge in [0.05, 0.1) is 24.9 Å². The van der Waals surface area contributed by atoms with E-state index >= 15 is 0 Å². The van der Waals surface area contributed by atoms with Gasteiger partial charge in [0.25, 0.3) is 5.91 Å². The Morgan fingerprint density at radius 3 is 2.92 bits per heavy atom. The maximum absolute atomic E-state index is 13.9. The molecule has 1 amide bonds. The summed E-state index contributed by atoms with van der Waals surface area (Å²) in [6, 6.07) is 4.22. The van der Waals surface area contributed by atoms with Gasteiger partial charge in [-0.3, -0.25) is 4.79 Å². The number of carbonyl (C=O) groups excluding carboxylic acids is 1. The Kier molecular flexibility index (Phi) is 4.19. The molecule has 4 rings (SSSR count). The van der Waals surface area contributed by atoms with Gasteiger partial charge in [-0.15, -0.1) is 0 Å². The third-order valence-corrected chi connectivity index (χ3v) is 5.39. The number of nitrogens with zero attached hydrogens (tertiary/aromatic N) is 2. The molecule has 0 aliphatic carbocycles. The summed E-state index contributed by atoms with van der Waals surface area (Å²) in [6.07, 6.45) is 0. The fourth-order valence-electron chi connectivity index (χ4n) is 4.22. The third-order valence-electron chi connectivity index (χ3n) is 5.39. The fraction of sp³-hybridized carbons (Fsp3) is 0.474. The molecule has 1 fully saturated rings. The predicted molar refractivity (Wildman–Crippen MR) is 90.5 cm³/mol. The molecule has 0 radical (unpaired) electrons. The van der Waals surface area contributed by atoms with E-state index in [-0.39, 0.29) is 29.6 Å². The molecule has 0 saturated carbocycles. The van der Waals surface area contributed by atoms with Crippen molar-refractivity contribution in [1.29, 1.82) is 0 Å². The number of amides is 1. The van der Waals surface area contributed by atoms with Crippen LogP contribution < -0.4 is 4.74 Å². The van der Waals surface area contributed by atoms with Crippen LogP contribution in [0.15, 0.2) is 22.7 Å². The quantitative estimate of drug-likeness (QED) is 0.842. The lowest BCUT2D eigenvalue weighted by Gasteiger charge is -2.34. The van der Waals surface area contributed by atoms with Crippen LogP contribution in [0.25, 0.3) is 0 Å². The lowest BCUT2D eigenvalue weighted by atomic mass is 9.85. The van der Waals surface area contributed by atoms with E-state index in [2.05, 4.69) is 5.16 Å². The van der Waals surface area contributed by atoms with Crippen molar-refractivity contribution in [3.05, 3.63) is 46.6 Å². The number of hydrogen-bond donors (Lipinski definition) is 0. The molecule has 2 aliphatic heterocycles. The van der Waals surface area contributed by atoms with Crippen molar-refractivity contribution in [2.24, 2.45) is 11.8 Å². The van der Waals surface area contributed by atoms with Crippen LogP contribution in [0.1, 0.15) is 33.4 Å². The molecule has 1 aromatic carbocycles. The molecule has 0 unspecified atom stereocenters. The van der Waals surface area contributed by atoms with E-state index in [9.17, 15) is 9.18 Å². The van der Waals surface area contributed by atoms with Crippen LogP contribution >= 0.6 is 0 Å². The lowest BCUT2D eigenvalue weighted by molar-refractivity contribution is 0.0669. The lowest BCUT2D eigenvalue weighted by Crippen LogP contribution is -2.36. The molecule has 0 bridgehead atoms. The molecule has 2 aliphatic rings. The second-order valence-electron chi connectivity index (χ2n) is 6.97. The SMILES string of the molecule is COC[C@@H]1CN(C(=O)c2c(C)noc2C)[C@H]2c3cc(F)ccc3OC[C@@H]12. The molecule has 26 heavy (non-hydrogen) atoms. The van der Waals surface area contributed by atoms with Crippen molar-refractivity contribution < 1.29 is 23.2 Å². The third kappa shape index (κ3) is 2.58. The van der Waals surface area contributed by atoms with Gasteiger partial charge in [0.2, 0.25) is 0 Å². The van der Waals surface area contributed by atoms with Gasteiger partial charge in [0.1, 0.15) is 22.9 Å². The van der Waals surface area contributed by atoms with Crippen LogP contribution in [0, 0.1) is 31.5 Å². The maximum atomic E-state index is 13.9. The van der Waals surface area contributed by atoms with Crippen LogP contribution in [0.3, 0.4) is 0 Å². The van der Waals surface area contributed by atoms with Gasteiger partial charge >= 0.3 is 0 Å². The largest absolute Gasteiger partial charge is 0.493 e. The molecule has 1 saturated heterocycles. The van der Waals surface area contributed by atoms with E-state index in [4.69, 9.17) is 14.0 Å². The summed E-state index contributed by atoms with van der Waals surface area (Å²) in [5.74, 6) is 0.799. The summed E-state index contributed by atoms with van der Waals surface area (Å²) in [5.41, 5.74) is 1.75. The number of aromatic nitrogens is 1. The van der Waals surface area contributed by atoms with Crippen LogP contribution in [0.4, 0.5) is 4.39 Å². The van der Waals surface area contributed by atoms with Crippen LogP contribution in [-0.4, -0.2) is 42.8 Å². The van der Waals surface area contributed by atoms with E-state index < -0.39 is 0 Å². The summed E-state index contributed by atoms with van der Waals surface area (Å²) in [5, 5.41) is 3.89. The highest BCUT2D eigenvalue weighted by atomic mass is 19.1. The highest BCUT2D eigenvalue weighted by Crippen LogP contribution is 2.48. The summed E-state index contributed by atoms with van der Waals surface area (Å²) in [7, 11) is 1.64. The van der Waals surface area contributed by atoms with Crippen molar-refractivity contribution in [1.82, 2.24) is 10.1 Å². The Morgan fingerprint density at radius 2 is 2.23 bits per heavy atom. The minimum atomic E-state index is -0.340. The number of rotatable bonds is 3. The Bertz CT molecular complexity index is 831. The van der Waals surface area contributed by atoms with Crippen LogP contribution in [-0.2, 0) is 4.74 Å². The zero-order chi connectivity index (χ0) is 18.4. The van der Waals surface area contributed by atoms with E-state index in [1.165, 1.54) is 12.1 Å². The first kappa shape index (κ1) is 17.0. The molecule has 3 heterocycles. The second-order valence-corrected chi connectivity index (χ2v) is 6.97. The molecule has 7 heteroatoms. The molecule has 1 aromatic heterocycles. The molecule has 138 valence electrons. The van der Waals surface area contributed by atoms with Crippen LogP contribution in [0.5, 0.6) is 5.75 Å². The molecular weight excluding hydrogens is 339 g/mol. The molecular formula is C19H21FN2O4. The first-order valence-corrected chi connectivity index (χ1v) is 8.66. The number of hydrogen-bond acceptors (Lipinski definition) is 5. The number of methoxy groups -OCH3 is 1. The van der Waals surface area contributed by atoms with Crippen molar-refractivity contribution >= 4 is 5.91 Å². The number of halogens is 1. The number of aryl methyl sites for hydroxylation is 2. The zero-order valence-electron chi connectivity index (χ0n) is 15.0. The minimum Gasteiger partial charge on any atom is -0.493 e. The summed E-state index contributed by atoms with van der Waals surface area (Å²) in [4.78, 5) is 15.1. The highest BCUT2D eigenvalue weighted by Gasteiger charge is 2.49. The molecule has 0 spiro atoms. The topological polar surface area (TPSA) is 64.8 Å². The number of carbonyl (C=O) groups is 1. The Hall–Kier alpha value is -2.41. The number of likely N-dealkylation sites (tertiary alicyclic amines) is 1. The molecule has 6 nitrogen and oxygen atoms in total. The Morgan fingerprint density at radius 1 is 1.42 bits per heavy atom. The van der Waals surface area contributed by atoms with Crippen LogP contribution in [0.2, 0.25) is 0 Å². The van der Waals surface area contributed by atoms with E-state index in [0.29, 0.717) is 48.1 Å². The normalized spacial score (nSPS) is 24.2. The van der Waals surface area contributed by atoms with Gasteiger partial charge in [-0.25, -0.2) is 4.39 Å². The van der Waals surface area contributed by atoms with Gasteiger partial charge in [0.15, 0.2) is 0 Å². The highest BCUT2D eigenvalue weighted by molar-refractivity contribution is 5.96. The fourth-order valence-corrected chi connectivity index (χ4v) is 4.22. The molecule has 2 aromatic rings. The van der Waals surface area contributed by atoms with Crippen molar-refractivity contribution in [2.45, 2.75) is 19.9 Å². The first-order chi connectivity index (χ1) is 12.5. The smallest absolute Gasteiger partial charge is 0.259 e. The van der Waals surface area contributed by atoms with Crippen molar-refractivity contribution in [3.8, 4) is 5.75 Å². The summed E-state index contributed by atoms with van der Waals surface area (Å²) >= 11 is 0. The average Bonchev–Trinajstić information content (AvgIpc) is 3.15. The van der Waals surface area contributed by atoms with E-state index in [0.717, 1.165) is 0 Å². The number of ether oxygens (including phenoxy) is 2. The van der Waals surface area contributed by atoms with E-state index in [1.54, 1.807) is 31.9 Å². The summed E-state index contributed by atoms with van der Waals surface area (Å²) < 4.78 is 30.3. The number of benzene rings is 1. The van der Waals surface area contributed by atoms with Gasteiger partial charge in [-0.1, -0.05) is 5.16 Å². The second kappa shape index (κ2) is 6.39. The minimum absolute atomic E-state index is 0.0497. The molecule has 3 atom stereocenters. The van der Waals surface area contributed by atoms with Gasteiger partial charge in [-0.05, 0) is 32.0 Å².